The summed E-state index contributed by atoms with van der Waals surface area (Å²) in [6.45, 7) is 3.86. The zero-order chi connectivity index (χ0) is 17.6. The Morgan fingerprint density at radius 3 is 2.76 bits per heavy atom. The molecular weight excluding hydrogens is 384 g/mol. The Kier molecular flexibility index (Phi) is 3.84. The van der Waals surface area contributed by atoms with Crippen molar-refractivity contribution in [3.05, 3.63) is 58.1 Å². The molecule has 2 aromatic heterocycles. The van der Waals surface area contributed by atoms with Gasteiger partial charge in [0.1, 0.15) is 11.1 Å². The second-order valence-corrected chi connectivity index (χ2v) is 6.71. The Morgan fingerprint density at radius 1 is 1.16 bits per heavy atom. The summed E-state index contributed by atoms with van der Waals surface area (Å²) in [5, 5.41) is 3.78. The van der Waals surface area contributed by atoms with E-state index in [0.29, 0.717) is 28.5 Å². The fourth-order valence-electron chi connectivity index (χ4n) is 2.80. The highest BCUT2D eigenvalue weighted by Gasteiger charge is 2.18. The molecule has 4 rings (SSSR count). The number of carbonyl (C=O) groups is 1. The molecule has 126 valence electrons. The number of benzene rings is 2. The number of hydrogen-bond acceptors (Lipinski definition) is 4. The highest BCUT2D eigenvalue weighted by Crippen LogP contribution is 2.29. The normalized spacial score (nSPS) is 11.3. The molecule has 0 aliphatic rings. The van der Waals surface area contributed by atoms with E-state index >= 15 is 0 Å². The van der Waals surface area contributed by atoms with Crippen LogP contribution in [0.2, 0.25) is 0 Å². The average Bonchev–Trinajstić information content (AvgIpc) is 3.15. The summed E-state index contributed by atoms with van der Waals surface area (Å²) in [7, 11) is 0. The Hall–Kier alpha value is -2.60. The second-order valence-electron chi connectivity index (χ2n) is 5.79. The van der Waals surface area contributed by atoms with E-state index in [1.54, 1.807) is 18.2 Å². The van der Waals surface area contributed by atoms with E-state index < -0.39 is 0 Å². The Labute approximate surface area is 152 Å². The van der Waals surface area contributed by atoms with Gasteiger partial charge < -0.3 is 14.2 Å². The highest BCUT2D eigenvalue weighted by molar-refractivity contribution is 9.10. The quantitative estimate of drug-likeness (QED) is 0.497. The lowest BCUT2D eigenvalue weighted by Crippen LogP contribution is -2.12. The van der Waals surface area contributed by atoms with Crippen LogP contribution in [0.25, 0.3) is 22.1 Å². The molecule has 0 radical (unpaired) electrons. The fraction of sp³-hybridized carbons (Fsp3) is 0.158. The Balaban J connectivity index is 1.66. The van der Waals surface area contributed by atoms with E-state index in [0.717, 1.165) is 27.4 Å². The molecular formula is C19H15BrN2O3. The maximum Gasteiger partial charge on any atom is 0.291 e. The molecule has 6 heteroatoms. The topological polar surface area (TPSA) is 68.3 Å². The first-order chi connectivity index (χ1) is 12.0. The summed E-state index contributed by atoms with van der Waals surface area (Å²) in [4.78, 5) is 17.0. The lowest BCUT2D eigenvalue weighted by atomic mass is 10.1. The number of oxazole rings is 1. The molecule has 0 fully saturated rings. The number of aryl methyl sites for hydroxylation is 2. The van der Waals surface area contributed by atoms with Crippen LogP contribution in [0.1, 0.15) is 28.9 Å². The zero-order valence-corrected chi connectivity index (χ0v) is 15.3. The minimum Gasteiger partial charge on any atom is -0.451 e. The molecule has 0 spiro atoms. The minimum absolute atomic E-state index is 0.289. The lowest BCUT2D eigenvalue weighted by Gasteiger charge is -2.03. The van der Waals surface area contributed by atoms with Crippen molar-refractivity contribution in [1.82, 2.24) is 4.98 Å². The summed E-state index contributed by atoms with van der Waals surface area (Å²) >= 11 is 3.44. The van der Waals surface area contributed by atoms with Gasteiger partial charge in [-0.1, -0.05) is 22.9 Å². The molecule has 0 saturated heterocycles. The van der Waals surface area contributed by atoms with Gasteiger partial charge in [0.25, 0.3) is 5.91 Å². The molecule has 2 aromatic carbocycles. The molecule has 0 bridgehead atoms. The first-order valence-corrected chi connectivity index (χ1v) is 8.74. The molecule has 4 aromatic rings. The van der Waals surface area contributed by atoms with Gasteiger partial charge in [-0.3, -0.25) is 4.79 Å². The number of nitrogens with one attached hydrogen (secondary N) is 1. The van der Waals surface area contributed by atoms with Crippen LogP contribution in [0.5, 0.6) is 0 Å². The summed E-state index contributed by atoms with van der Waals surface area (Å²) in [5.41, 5.74) is 3.57. The third-order valence-corrected chi connectivity index (χ3v) is 4.59. The number of furan rings is 1. The van der Waals surface area contributed by atoms with Gasteiger partial charge in [-0.15, -0.1) is 0 Å². The largest absolute Gasteiger partial charge is 0.451 e. The number of hydrogen-bond donors (Lipinski definition) is 1. The fourth-order valence-corrected chi connectivity index (χ4v) is 3.16. The van der Waals surface area contributed by atoms with Crippen molar-refractivity contribution in [3.63, 3.8) is 0 Å². The monoisotopic (exact) mass is 398 g/mol. The summed E-state index contributed by atoms with van der Waals surface area (Å²) in [6, 6.07) is 11.1. The summed E-state index contributed by atoms with van der Waals surface area (Å²) < 4.78 is 12.3. The summed E-state index contributed by atoms with van der Waals surface area (Å²) in [6.07, 6.45) is 0.726. The number of carbonyl (C=O) groups excluding carboxylic acids is 1. The molecule has 0 aliphatic carbocycles. The molecule has 25 heavy (non-hydrogen) atoms. The Bertz CT molecular complexity index is 1110. The number of anilines is 1. The SMILES string of the molecule is CCc1nc2cc(NC(=O)c3oc4ccc(Br)cc4c3C)ccc2o1. The zero-order valence-electron chi connectivity index (χ0n) is 13.7. The molecule has 0 atom stereocenters. The van der Waals surface area contributed by atoms with Crippen LogP contribution in [0.4, 0.5) is 5.69 Å². The molecule has 2 heterocycles. The van der Waals surface area contributed by atoms with Crippen molar-refractivity contribution in [2.75, 3.05) is 5.32 Å². The van der Waals surface area contributed by atoms with Gasteiger partial charge in [-0.25, -0.2) is 4.98 Å². The van der Waals surface area contributed by atoms with Crippen LogP contribution in [0.3, 0.4) is 0 Å². The van der Waals surface area contributed by atoms with Crippen molar-refractivity contribution < 1.29 is 13.6 Å². The van der Waals surface area contributed by atoms with E-state index in [1.807, 2.05) is 32.0 Å². The van der Waals surface area contributed by atoms with Gasteiger partial charge in [-0.05, 0) is 43.3 Å². The number of rotatable bonds is 3. The molecule has 0 aliphatic heterocycles. The van der Waals surface area contributed by atoms with Crippen molar-refractivity contribution >= 4 is 49.6 Å². The second kappa shape index (κ2) is 6.04. The molecule has 0 saturated carbocycles. The smallest absolute Gasteiger partial charge is 0.291 e. The van der Waals surface area contributed by atoms with E-state index in [2.05, 4.69) is 26.2 Å². The lowest BCUT2D eigenvalue weighted by molar-refractivity contribution is 0.0998. The van der Waals surface area contributed by atoms with Crippen LogP contribution < -0.4 is 5.32 Å². The van der Waals surface area contributed by atoms with Crippen molar-refractivity contribution in [2.45, 2.75) is 20.3 Å². The summed E-state index contributed by atoms with van der Waals surface area (Å²) in [5.74, 6) is 0.697. The first kappa shape index (κ1) is 15.9. The van der Waals surface area contributed by atoms with Crippen molar-refractivity contribution in [2.24, 2.45) is 0 Å². The predicted molar refractivity (Wildman–Crippen MR) is 100.0 cm³/mol. The Morgan fingerprint density at radius 2 is 1.96 bits per heavy atom. The van der Waals surface area contributed by atoms with Crippen LogP contribution in [-0.4, -0.2) is 10.9 Å². The van der Waals surface area contributed by atoms with Crippen LogP contribution in [-0.2, 0) is 6.42 Å². The molecule has 1 amide bonds. The maximum absolute atomic E-state index is 12.6. The number of nitrogens with zero attached hydrogens (tertiary/aromatic N) is 1. The van der Waals surface area contributed by atoms with E-state index in [4.69, 9.17) is 8.83 Å². The van der Waals surface area contributed by atoms with Gasteiger partial charge in [0.05, 0.1) is 0 Å². The minimum atomic E-state index is -0.289. The molecule has 1 N–H and O–H groups in total. The van der Waals surface area contributed by atoms with E-state index in [1.165, 1.54) is 0 Å². The van der Waals surface area contributed by atoms with Crippen LogP contribution in [0, 0.1) is 6.92 Å². The molecule has 5 nitrogen and oxygen atoms in total. The van der Waals surface area contributed by atoms with Gasteiger partial charge in [0, 0.05) is 27.5 Å². The standard InChI is InChI=1S/C19H15BrN2O3/c1-3-17-22-14-9-12(5-7-16(14)24-17)21-19(23)18-10(2)13-8-11(20)4-6-15(13)25-18/h4-9H,3H2,1-2H3,(H,21,23). The van der Waals surface area contributed by atoms with Gasteiger partial charge >= 0.3 is 0 Å². The highest BCUT2D eigenvalue weighted by atomic mass is 79.9. The number of amides is 1. The maximum atomic E-state index is 12.6. The third-order valence-electron chi connectivity index (χ3n) is 4.10. The van der Waals surface area contributed by atoms with Crippen molar-refractivity contribution in [3.8, 4) is 0 Å². The number of halogens is 1. The van der Waals surface area contributed by atoms with E-state index in [9.17, 15) is 4.79 Å². The average molecular weight is 399 g/mol. The number of fused-ring (bicyclic) bond motifs is 2. The number of aromatic nitrogens is 1. The molecule has 0 unspecified atom stereocenters. The predicted octanol–water partition coefficient (Wildman–Crippen LogP) is 5.46. The van der Waals surface area contributed by atoms with Crippen LogP contribution >= 0.6 is 15.9 Å². The van der Waals surface area contributed by atoms with Gasteiger partial charge in [0.2, 0.25) is 0 Å². The van der Waals surface area contributed by atoms with Crippen LogP contribution in [0.15, 0.2) is 49.7 Å². The van der Waals surface area contributed by atoms with Crippen molar-refractivity contribution in [1.29, 1.82) is 0 Å². The van der Waals surface area contributed by atoms with Gasteiger partial charge in [0.15, 0.2) is 17.2 Å². The third kappa shape index (κ3) is 2.82. The van der Waals surface area contributed by atoms with E-state index in [-0.39, 0.29) is 5.91 Å². The first-order valence-electron chi connectivity index (χ1n) is 7.94. The van der Waals surface area contributed by atoms with Gasteiger partial charge in [-0.2, -0.15) is 0 Å².